The number of benzene rings is 1. The Hall–Kier alpha value is -1.10. The molecule has 2 N–H and O–H groups in total. The van der Waals surface area contributed by atoms with Crippen LogP contribution in [0.3, 0.4) is 0 Å². The minimum absolute atomic E-state index is 0.0112. The molecular weight excluding hydrogens is 234 g/mol. The summed E-state index contributed by atoms with van der Waals surface area (Å²) in [4.78, 5) is 0. The molecule has 0 aliphatic rings. The number of rotatable bonds is 4. The highest BCUT2D eigenvalue weighted by molar-refractivity contribution is 5.23. The normalized spacial score (nSPS) is 15.1. The van der Waals surface area contributed by atoms with Crippen LogP contribution in [0, 0.1) is 29.3 Å². The van der Waals surface area contributed by atoms with Gasteiger partial charge in [0, 0.05) is 11.5 Å². The van der Waals surface area contributed by atoms with Crippen molar-refractivity contribution in [2.24, 2.45) is 17.6 Å². The molecule has 1 rings (SSSR count). The van der Waals surface area contributed by atoms with Crippen LogP contribution in [0.5, 0.6) is 0 Å². The van der Waals surface area contributed by atoms with E-state index >= 15 is 0 Å². The van der Waals surface area contributed by atoms with Crippen molar-refractivity contribution in [2.45, 2.75) is 20.0 Å². The van der Waals surface area contributed by atoms with Gasteiger partial charge in [0.25, 0.3) is 0 Å². The zero-order valence-corrected chi connectivity index (χ0v) is 9.68. The summed E-state index contributed by atoms with van der Waals surface area (Å²) < 4.78 is 53.1. The van der Waals surface area contributed by atoms with Gasteiger partial charge in [-0.3, -0.25) is 0 Å². The van der Waals surface area contributed by atoms with Gasteiger partial charge in [-0.25, -0.2) is 17.6 Å². The molecule has 0 aromatic heterocycles. The zero-order valence-electron chi connectivity index (χ0n) is 9.68. The SMILES string of the molecule is CC(C)C(CN)C(F)c1ccc(F)c(F)c1F. The van der Waals surface area contributed by atoms with Crippen molar-refractivity contribution >= 4 is 0 Å². The van der Waals surface area contributed by atoms with Crippen molar-refractivity contribution < 1.29 is 17.6 Å². The molecule has 17 heavy (non-hydrogen) atoms. The lowest BCUT2D eigenvalue weighted by Crippen LogP contribution is -2.25. The molecule has 96 valence electrons. The molecule has 1 aromatic carbocycles. The molecule has 1 aromatic rings. The summed E-state index contributed by atoms with van der Waals surface area (Å²) >= 11 is 0. The van der Waals surface area contributed by atoms with Gasteiger partial charge in [0.2, 0.25) is 0 Å². The maximum atomic E-state index is 14.0. The summed E-state index contributed by atoms with van der Waals surface area (Å²) in [6.45, 7) is 3.49. The van der Waals surface area contributed by atoms with E-state index in [4.69, 9.17) is 5.73 Å². The van der Waals surface area contributed by atoms with Gasteiger partial charge in [0.05, 0.1) is 0 Å². The van der Waals surface area contributed by atoms with E-state index in [0.29, 0.717) is 6.07 Å². The lowest BCUT2D eigenvalue weighted by molar-refractivity contribution is 0.182. The Balaban J connectivity index is 3.12. The molecule has 0 saturated carbocycles. The van der Waals surface area contributed by atoms with Crippen molar-refractivity contribution in [3.8, 4) is 0 Å². The fraction of sp³-hybridized carbons (Fsp3) is 0.500. The predicted molar refractivity (Wildman–Crippen MR) is 57.5 cm³/mol. The van der Waals surface area contributed by atoms with E-state index < -0.39 is 35.1 Å². The highest BCUT2D eigenvalue weighted by atomic mass is 19.2. The van der Waals surface area contributed by atoms with E-state index in [1.54, 1.807) is 13.8 Å². The molecule has 0 aliphatic heterocycles. The minimum Gasteiger partial charge on any atom is -0.330 e. The van der Waals surface area contributed by atoms with Crippen LogP contribution in [-0.4, -0.2) is 6.54 Å². The second kappa shape index (κ2) is 5.49. The third-order valence-corrected chi connectivity index (χ3v) is 2.87. The molecule has 0 radical (unpaired) electrons. The molecule has 0 fully saturated rings. The third kappa shape index (κ3) is 2.77. The summed E-state index contributed by atoms with van der Waals surface area (Å²) in [6.07, 6.45) is -1.74. The molecular formula is C12H15F4N. The van der Waals surface area contributed by atoms with E-state index in [-0.39, 0.29) is 12.5 Å². The summed E-state index contributed by atoms with van der Waals surface area (Å²) in [7, 11) is 0. The second-order valence-corrected chi connectivity index (χ2v) is 4.31. The van der Waals surface area contributed by atoms with Gasteiger partial charge in [-0.15, -0.1) is 0 Å². The van der Waals surface area contributed by atoms with Crippen molar-refractivity contribution in [3.63, 3.8) is 0 Å². The van der Waals surface area contributed by atoms with Crippen molar-refractivity contribution in [3.05, 3.63) is 35.1 Å². The maximum absolute atomic E-state index is 14.0. The summed E-state index contributed by atoms with van der Waals surface area (Å²) in [5.74, 6) is -5.20. The van der Waals surface area contributed by atoms with E-state index in [1.807, 2.05) is 0 Å². The lowest BCUT2D eigenvalue weighted by Gasteiger charge is -2.23. The van der Waals surface area contributed by atoms with Crippen LogP contribution in [-0.2, 0) is 0 Å². The fourth-order valence-corrected chi connectivity index (χ4v) is 1.71. The molecule has 0 spiro atoms. The number of hydrogen-bond donors (Lipinski definition) is 1. The summed E-state index contributed by atoms with van der Waals surface area (Å²) in [5.41, 5.74) is 4.92. The topological polar surface area (TPSA) is 26.0 Å². The van der Waals surface area contributed by atoms with Crippen LogP contribution >= 0.6 is 0 Å². The molecule has 2 unspecified atom stereocenters. The largest absolute Gasteiger partial charge is 0.330 e. The van der Waals surface area contributed by atoms with Crippen LogP contribution in [0.1, 0.15) is 25.6 Å². The van der Waals surface area contributed by atoms with E-state index in [0.717, 1.165) is 6.07 Å². The fourth-order valence-electron chi connectivity index (χ4n) is 1.71. The van der Waals surface area contributed by atoms with Gasteiger partial charge in [-0.05, 0) is 18.5 Å². The Kier molecular flexibility index (Phi) is 4.51. The zero-order chi connectivity index (χ0) is 13.2. The number of halogens is 4. The first-order valence-electron chi connectivity index (χ1n) is 5.37. The van der Waals surface area contributed by atoms with Gasteiger partial charge < -0.3 is 5.73 Å². The van der Waals surface area contributed by atoms with Crippen molar-refractivity contribution in [2.75, 3.05) is 6.54 Å². The molecule has 0 heterocycles. The van der Waals surface area contributed by atoms with Gasteiger partial charge in [-0.2, -0.15) is 0 Å². The van der Waals surface area contributed by atoms with Gasteiger partial charge >= 0.3 is 0 Å². The quantitative estimate of drug-likeness (QED) is 0.642. The second-order valence-electron chi connectivity index (χ2n) is 4.31. The van der Waals surface area contributed by atoms with E-state index in [2.05, 4.69) is 0 Å². The Morgan fingerprint density at radius 1 is 1.12 bits per heavy atom. The first-order chi connectivity index (χ1) is 7.90. The Morgan fingerprint density at radius 2 is 1.71 bits per heavy atom. The van der Waals surface area contributed by atoms with Gasteiger partial charge in [0.15, 0.2) is 17.5 Å². The van der Waals surface area contributed by atoms with Crippen LogP contribution in [0.25, 0.3) is 0 Å². The first-order valence-corrected chi connectivity index (χ1v) is 5.37. The summed E-state index contributed by atoms with van der Waals surface area (Å²) in [6, 6.07) is 1.64. The average Bonchev–Trinajstić information content (AvgIpc) is 2.26. The molecule has 1 nitrogen and oxygen atoms in total. The van der Waals surface area contributed by atoms with Crippen LogP contribution < -0.4 is 5.73 Å². The summed E-state index contributed by atoms with van der Waals surface area (Å²) in [5, 5.41) is 0. The molecule has 0 amide bonds. The Bertz CT molecular complexity index is 392. The first kappa shape index (κ1) is 14.0. The Morgan fingerprint density at radius 3 is 2.18 bits per heavy atom. The molecule has 5 heteroatoms. The number of nitrogens with two attached hydrogens (primary N) is 1. The number of alkyl halides is 1. The number of hydrogen-bond acceptors (Lipinski definition) is 1. The third-order valence-electron chi connectivity index (χ3n) is 2.87. The average molecular weight is 249 g/mol. The highest BCUT2D eigenvalue weighted by Crippen LogP contribution is 2.33. The van der Waals surface area contributed by atoms with Crippen LogP contribution in [0.2, 0.25) is 0 Å². The maximum Gasteiger partial charge on any atom is 0.194 e. The van der Waals surface area contributed by atoms with Crippen molar-refractivity contribution in [1.82, 2.24) is 0 Å². The smallest absolute Gasteiger partial charge is 0.194 e. The molecule has 0 aliphatic carbocycles. The standard InChI is InChI=1S/C12H15F4N/c1-6(2)8(5-17)10(14)7-3-4-9(13)12(16)11(7)15/h3-4,6,8,10H,5,17H2,1-2H3. The highest BCUT2D eigenvalue weighted by Gasteiger charge is 2.28. The Labute approximate surface area is 97.6 Å². The molecule has 2 atom stereocenters. The van der Waals surface area contributed by atoms with E-state index in [9.17, 15) is 17.6 Å². The van der Waals surface area contributed by atoms with Gasteiger partial charge in [-0.1, -0.05) is 19.9 Å². The predicted octanol–water partition coefficient (Wildman–Crippen LogP) is 3.35. The van der Waals surface area contributed by atoms with E-state index in [1.165, 1.54) is 0 Å². The minimum atomic E-state index is -1.74. The van der Waals surface area contributed by atoms with Crippen LogP contribution in [0.4, 0.5) is 17.6 Å². The lowest BCUT2D eigenvalue weighted by atomic mass is 9.87. The van der Waals surface area contributed by atoms with Crippen molar-refractivity contribution in [1.29, 1.82) is 0 Å². The molecule has 0 saturated heterocycles. The van der Waals surface area contributed by atoms with Gasteiger partial charge in [0.1, 0.15) is 6.17 Å². The van der Waals surface area contributed by atoms with Crippen LogP contribution in [0.15, 0.2) is 12.1 Å². The monoisotopic (exact) mass is 249 g/mol. The molecule has 0 bridgehead atoms.